The molecule has 0 saturated carbocycles. The number of aliphatic carboxylic acids is 1. The van der Waals surface area contributed by atoms with Gasteiger partial charge in [0, 0.05) is 11.5 Å². The molecule has 4 heteroatoms. The first-order valence-electron chi connectivity index (χ1n) is 8.39. The number of rotatable bonds is 8. The molecule has 24 heavy (non-hydrogen) atoms. The van der Waals surface area contributed by atoms with Gasteiger partial charge in [-0.1, -0.05) is 44.9 Å². The van der Waals surface area contributed by atoms with Crippen LogP contribution in [0.25, 0.3) is 16.8 Å². The molecule has 2 aromatic rings. The van der Waals surface area contributed by atoms with Crippen LogP contribution in [0.15, 0.2) is 30.3 Å². The number of carbonyl (C=O) groups is 1. The normalized spacial score (nSPS) is 11.2. The van der Waals surface area contributed by atoms with E-state index in [1.54, 1.807) is 12.1 Å². The van der Waals surface area contributed by atoms with Crippen LogP contribution in [0.3, 0.4) is 0 Å². The molecule has 0 unspecified atom stereocenters. The third-order valence-electron chi connectivity index (χ3n) is 4.01. The van der Waals surface area contributed by atoms with Gasteiger partial charge in [-0.15, -0.1) is 0 Å². The van der Waals surface area contributed by atoms with E-state index in [1.165, 1.54) is 0 Å². The number of aromatic hydroxyl groups is 1. The Bertz CT molecular complexity index is 747. The predicted molar refractivity (Wildman–Crippen MR) is 96.7 cm³/mol. The average Bonchev–Trinajstić information content (AvgIpc) is 2.58. The Morgan fingerprint density at radius 2 is 2.04 bits per heavy atom. The van der Waals surface area contributed by atoms with Crippen LogP contribution in [-0.2, 0) is 11.2 Å². The summed E-state index contributed by atoms with van der Waals surface area (Å²) in [5.74, 6) is -0.468. The quantitative estimate of drug-likeness (QED) is 0.541. The van der Waals surface area contributed by atoms with Gasteiger partial charge < -0.3 is 14.9 Å². The van der Waals surface area contributed by atoms with Gasteiger partial charge in [-0.2, -0.15) is 0 Å². The van der Waals surface area contributed by atoms with E-state index in [1.807, 2.05) is 25.1 Å². The largest absolute Gasteiger partial charge is 0.504 e. The van der Waals surface area contributed by atoms with E-state index in [9.17, 15) is 9.90 Å². The van der Waals surface area contributed by atoms with Gasteiger partial charge in [0.15, 0.2) is 11.5 Å². The Balaban J connectivity index is 2.53. The van der Waals surface area contributed by atoms with Gasteiger partial charge in [-0.05, 0) is 41.5 Å². The fourth-order valence-corrected chi connectivity index (χ4v) is 2.77. The monoisotopic (exact) mass is 328 g/mol. The van der Waals surface area contributed by atoms with Gasteiger partial charge in [0.05, 0.1) is 6.61 Å². The summed E-state index contributed by atoms with van der Waals surface area (Å²) in [5.41, 5.74) is 1.74. The first kappa shape index (κ1) is 17.9. The number of unbranched alkanes of at least 4 members (excludes halogenated alkanes) is 2. The molecule has 2 aromatic carbocycles. The maximum Gasteiger partial charge on any atom is 0.328 e. The molecular formula is C20H24O4. The predicted octanol–water partition coefficient (Wildman–Crippen LogP) is 4.77. The standard InChI is InChI=1S/C20H24O4/c1-3-5-6-12-24-17-13-15(10-11-18(21)22)16-9-7-8-14(4-2)19(16)20(17)23/h7-11,13,23H,3-6,12H2,1-2H3,(H,21,22)/b11-10+. The van der Waals surface area contributed by atoms with Crippen LogP contribution in [0.4, 0.5) is 0 Å². The van der Waals surface area contributed by atoms with Crippen LogP contribution in [0.1, 0.15) is 44.2 Å². The van der Waals surface area contributed by atoms with Crippen molar-refractivity contribution in [1.29, 1.82) is 0 Å². The summed E-state index contributed by atoms with van der Waals surface area (Å²) >= 11 is 0. The van der Waals surface area contributed by atoms with Gasteiger partial charge >= 0.3 is 5.97 Å². The van der Waals surface area contributed by atoms with Crippen molar-refractivity contribution in [2.24, 2.45) is 0 Å². The summed E-state index contributed by atoms with van der Waals surface area (Å²) < 4.78 is 5.76. The Hall–Kier alpha value is -2.49. The molecule has 0 heterocycles. The molecule has 0 aromatic heterocycles. The molecule has 0 atom stereocenters. The molecule has 0 fully saturated rings. The number of hydrogen-bond acceptors (Lipinski definition) is 3. The van der Waals surface area contributed by atoms with Crippen molar-refractivity contribution in [3.05, 3.63) is 41.5 Å². The van der Waals surface area contributed by atoms with Crippen molar-refractivity contribution in [2.75, 3.05) is 6.61 Å². The van der Waals surface area contributed by atoms with E-state index in [4.69, 9.17) is 9.84 Å². The Morgan fingerprint density at radius 1 is 1.25 bits per heavy atom. The van der Waals surface area contributed by atoms with Crippen LogP contribution >= 0.6 is 0 Å². The van der Waals surface area contributed by atoms with Crippen molar-refractivity contribution >= 4 is 22.8 Å². The zero-order valence-electron chi connectivity index (χ0n) is 14.2. The van der Waals surface area contributed by atoms with Gasteiger partial charge in [-0.25, -0.2) is 4.79 Å². The number of ether oxygens (including phenoxy) is 1. The van der Waals surface area contributed by atoms with Crippen LogP contribution in [0.5, 0.6) is 11.5 Å². The number of aryl methyl sites for hydroxylation is 1. The third kappa shape index (κ3) is 4.07. The lowest BCUT2D eigenvalue weighted by Gasteiger charge is -2.15. The molecule has 0 radical (unpaired) electrons. The topological polar surface area (TPSA) is 66.8 Å². The van der Waals surface area contributed by atoms with Gasteiger partial charge in [-0.3, -0.25) is 0 Å². The van der Waals surface area contributed by atoms with Crippen LogP contribution < -0.4 is 4.74 Å². The van der Waals surface area contributed by atoms with Crippen LogP contribution in [0, 0.1) is 0 Å². The number of hydrogen-bond donors (Lipinski definition) is 2. The molecule has 2 N–H and O–H groups in total. The van der Waals surface area contributed by atoms with Gasteiger partial charge in [0.25, 0.3) is 0 Å². The Morgan fingerprint density at radius 3 is 2.71 bits per heavy atom. The van der Waals surface area contributed by atoms with Crippen molar-refractivity contribution < 1.29 is 19.7 Å². The summed E-state index contributed by atoms with van der Waals surface area (Å²) in [7, 11) is 0. The first-order valence-corrected chi connectivity index (χ1v) is 8.39. The second-order valence-electron chi connectivity index (χ2n) is 5.73. The highest BCUT2D eigenvalue weighted by atomic mass is 16.5. The highest BCUT2D eigenvalue weighted by molar-refractivity contribution is 6.00. The summed E-state index contributed by atoms with van der Waals surface area (Å²) in [6.07, 6.45) is 6.50. The van der Waals surface area contributed by atoms with Crippen molar-refractivity contribution in [1.82, 2.24) is 0 Å². The Kier molecular flexibility index (Phi) is 6.24. The molecular weight excluding hydrogens is 304 g/mol. The highest BCUT2D eigenvalue weighted by Gasteiger charge is 2.14. The van der Waals surface area contributed by atoms with E-state index < -0.39 is 5.97 Å². The number of fused-ring (bicyclic) bond motifs is 1. The van der Waals surface area contributed by atoms with Gasteiger partial charge in [0.1, 0.15) is 0 Å². The summed E-state index contributed by atoms with van der Waals surface area (Å²) in [4.78, 5) is 10.9. The number of carboxylic acids is 1. The average molecular weight is 328 g/mol. The van der Waals surface area contributed by atoms with Crippen molar-refractivity contribution in [3.63, 3.8) is 0 Å². The molecule has 0 aliphatic rings. The lowest BCUT2D eigenvalue weighted by molar-refractivity contribution is -0.131. The zero-order valence-corrected chi connectivity index (χ0v) is 14.2. The molecule has 128 valence electrons. The van der Waals surface area contributed by atoms with Crippen molar-refractivity contribution in [2.45, 2.75) is 39.5 Å². The van der Waals surface area contributed by atoms with Crippen LogP contribution in [0.2, 0.25) is 0 Å². The van der Waals surface area contributed by atoms with E-state index in [2.05, 4.69) is 6.92 Å². The number of carboxylic acid groups (broad SMARTS) is 1. The van der Waals surface area contributed by atoms with Crippen molar-refractivity contribution in [3.8, 4) is 11.5 Å². The fraction of sp³-hybridized carbons (Fsp3) is 0.350. The van der Waals surface area contributed by atoms with Gasteiger partial charge in [0.2, 0.25) is 0 Å². The summed E-state index contributed by atoms with van der Waals surface area (Å²) in [5, 5.41) is 21.1. The van der Waals surface area contributed by atoms with E-state index in [0.717, 1.165) is 53.7 Å². The summed E-state index contributed by atoms with van der Waals surface area (Å²) in [6, 6.07) is 7.48. The minimum atomic E-state index is -1.01. The van der Waals surface area contributed by atoms with E-state index in [0.29, 0.717) is 12.4 Å². The summed E-state index contributed by atoms with van der Waals surface area (Å²) in [6.45, 7) is 4.68. The van der Waals surface area contributed by atoms with Crippen LogP contribution in [-0.4, -0.2) is 22.8 Å². The third-order valence-corrected chi connectivity index (χ3v) is 4.01. The molecule has 0 spiro atoms. The second kappa shape index (κ2) is 8.39. The minimum Gasteiger partial charge on any atom is -0.504 e. The number of phenols is 1. The molecule has 0 aliphatic heterocycles. The zero-order chi connectivity index (χ0) is 17.5. The number of benzene rings is 2. The lowest BCUT2D eigenvalue weighted by Crippen LogP contribution is -1.99. The lowest BCUT2D eigenvalue weighted by atomic mass is 9.97. The molecule has 0 aliphatic carbocycles. The maximum atomic E-state index is 10.9. The molecule has 0 saturated heterocycles. The van der Waals surface area contributed by atoms with E-state index in [-0.39, 0.29) is 5.75 Å². The smallest absolute Gasteiger partial charge is 0.328 e. The number of phenolic OH excluding ortho intramolecular Hbond substituents is 1. The Labute approximate surface area is 142 Å². The SMILES string of the molecule is CCCCCOc1cc(/C=C/C(=O)O)c2cccc(CC)c2c1O. The molecule has 2 rings (SSSR count). The maximum absolute atomic E-state index is 10.9. The van der Waals surface area contributed by atoms with E-state index >= 15 is 0 Å². The molecule has 0 bridgehead atoms. The molecule has 0 amide bonds. The fourth-order valence-electron chi connectivity index (χ4n) is 2.77. The highest BCUT2D eigenvalue weighted by Crippen LogP contribution is 2.39. The molecule has 4 nitrogen and oxygen atoms in total. The minimum absolute atomic E-state index is 0.131. The second-order valence-corrected chi connectivity index (χ2v) is 5.73. The first-order chi connectivity index (χ1) is 11.6.